The number of methoxy groups -OCH3 is 1. The third-order valence-electron chi connectivity index (χ3n) is 2.55. The van der Waals surface area contributed by atoms with Crippen molar-refractivity contribution >= 4 is 6.09 Å². The number of alkyl carbamates (subject to hydrolysis) is 1. The number of carbonyl (C=O) groups is 1. The second-order valence-corrected chi connectivity index (χ2v) is 5.26. The van der Waals surface area contributed by atoms with E-state index in [1.807, 2.05) is 20.8 Å². The lowest BCUT2D eigenvalue weighted by molar-refractivity contribution is 0.0391. The van der Waals surface area contributed by atoms with Gasteiger partial charge in [0.05, 0.1) is 12.1 Å². The van der Waals surface area contributed by atoms with Crippen molar-refractivity contribution < 1.29 is 14.3 Å². The van der Waals surface area contributed by atoms with E-state index in [0.29, 0.717) is 0 Å². The Morgan fingerprint density at radius 3 is 2.50 bits per heavy atom. The Kier molecular flexibility index (Phi) is 4.15. The highest BCUT2D eigenvalue weighted by Gasteiger charge is 2.34. The van der Waals surface area contributed by atoms with Crippen LogP contribution in [0.1, 0.15) is 33.6 Å². The number of hydrogen-bond donors (Lipinski definition) is 2. The largest absolute Gasteiger partial charge is 0.444 e. The molecule has 1 fully saturated rings. The summed E-state index contributed by atoms with van der Waals surface area (Å²) in [5.41, 5.74) is 5.34. The van der Waals surface area contributed by atoms with Gasteiger partial charge in [-0.2, -0.15) is 0 Å². The lowest BCUT2D eigenvalue weighted by Gasteiger charge is -2.24. The monoisotopic (exact) mass is 230 g/mol. The molecule has 5 heteroatoms. The first kappa shape index (κ1) is 13.3. The molecule has 1 aliphatic carbocycles. The van der Waals surface area contributed by atoms with Crippen LogP contribution in [0.4, 0.5) is 4.79 Å². The lowest BCUT2D eigenvalue weighted by atomic mass is 10.2. The van der Waals surface area contributed by atoms with Crippen LogP contribution < -0.4 is 11.1 Å². The molecule has 0 spiro atoms. The molecule has 1 rings (SSSR count). The first-order chi connectivity index (χ1) is 7.31. The van der Waals surface area contributed by atoms with Crippen molar-refractivity contribution in [2.75, 3.05) is 7.11 Å². The number of hydrogen-bond acceptors (Lipinski definition) is 4. The normalized spacial score (nSPS) is 30.2. The van der Waals surface area contributed by atoms with E-state index >= 15 is 0 Å². The predicted octanol–water partition coefficient (Wildman–Crippen LogP) is 1.02. The fourth-order valence-electron chi connectivity index (χ4n) is 1.91. The van der Waals surface area contributed by atoms with E-state index in [2.05, 4.69) is 5.32 Å². The highest BCUT2D eigenvalue weighted by Crippen LogP contribution is 2.21. The Labute approximate surface area is 96.7 Å². The number of ether oxygens (including phenoxy) is 2. The number of nitrogens with two attached hydrogens (primary N) is 1. The van der Waals surface area contributed by atoms with E-state index in [4.69, 9.17) is 15.2 Å². The van der Waals surface area contributed by atoms with E-state index in [1.54, 1.807) is 7.11 Å². The summed E-state index contributed by atoms with van der Waals surface area (Å²) in [6.45, 7) is 5.50. The average Bonchev–Trinajstić information content (AvgIpc) is 2.42. The van der Waals surface area contributed by atoms with Crippen LogP contribution in [-0.2, 0) is 9.47 Å². The number of rotatable bonds is 2. The molecular formula is C11H22N2O3. The Morgan fingerprint density at radius 2 is 2.00 bits per heavy atom. The van der Waals surface area contributed by atoms with Crippen molar-refractivity contribution in [1.29, 1.82) is 0 Å². The van der Waals surface area contributed by atoms with Crippen LogP contribution in [0.3, 0.4) is 0 Å². The van der Waals surface area contributed by atoms with Gasteiger partial charge in [0.15, 0.2) is 0 Å². The van der Waals surface area contributed by atoms with Gasteiger partial charge in [-0.25, -0.2) is 4.79 Å². The molecule has 5 nitrogen and oxygen atoms in total. The third-order valence-corrected chi connectivity index (χ3v) is 2.55. The molecule has 0 bridgehead atoms. The molecule has 0 aromatic rings. The Balaban J connectivity index is 2.44. The molecule has 0 unspecified atom stereocenters. The minimum atomic E-state index is -0.479. The SMILES string of the molecule is CO[C@@H]1C[C@H](N)C[C@@H]1NC(=O)OC(C)(C)C. The molecular weight excluding hydrogens is 208 g/mol. The first-order valence-electron chi connectivity index (χ1n) is 5.59. The van der Waals surface area contributed by atoms with Gasteiger partial charge in [0.1, 0.15) is 5.60 Å². The zero-order chi connectivity index (χ0) is 12.3. The number of nitrogens with one attached hydrogen (secondary N) is 1. The first-order valence-corrected chi connectivity index (χ1v) is 5.59. The fourth-order valence-corrected chi connectivity index (χ4v) is 1.91. The second-order valence-electron chi connectivity index (χ2n) is 5.26. The number of amides is 1. The molecule has 1 saturated carbocycles. The highest BCUT2D eigenvalue weighted by atomic mass is 16.6. The standard InChI is InChI=1S/C11H22N2O3/c1-11(2,3)16-10(14)13-8-5-7(12)6-9(8)15-4/h7-9H,5-6,12H2,1-4H3,(H,13,14)/t7-,8+,9-/m1/s1. The molecule has 16 heavy (non-hydrogen) atoms. The van der Waals surface area contributed by atoms with Gasteiger partial charge < -0.3 is 20.5 Å². The molecule has 0 saturated heterocycles. The van der Waals surface area contributed by atoms with Gasteiger partial charge in [-0.15, -0.1) is 0 Å². The molecule has 94 valence electrons. The van der Waals surface area contributed by atoms with Crippen molar-refractivity contribution in [3.8, 4) is 0 Å². The quantitative estimate of drug-likeness (QED) is 0.742. The molecule has 3 atom stereocenters. The van der Waals surface area contributed by atoms with Crippen LogP contribution >= 0.6 is 0 Å². The van der Waals surface area contributed by atoms with Crippen LogP contribution in [0.5, 0.6) is 0 Å². The molecule has 0 aliphatic heterocycles. The minimum Gasteiger partial charge on any atom is -0.444 e. The van der Waals surface area contributed by atoms with Crippen LogP contribution in [0.25, 0.3) is 0 Å². The minimum absolute atomic E-state index is 0.0116. The summed E-state index contributed by atoms with van der Waals surface area (Å²) in [7, 11) is 1.63. The average molecular weight is 230 g/mol. The second kappa shape index (κ2) is 5.01. The highest BCUT2D eigenvalue weighted by molar-refractivity contribution is 5.68. The summed E-state index contributed by atoms with van der Waals surface area (Å²) < 4.78 is 10.5. The van der Waals surface area contributed by atoms with Gasteiger partial charge >= 0.3 is 6.09 Å². The van der Waals surface area contributed by atoms with Crippen molar-refractivity contribution in [2.24, 2.45) is 5.73 Å². The van der Waals surface area contributed by atoms with E-state index in [0.717, 1.165) is 12.8 Å². The van der Waals surface area contributed by atoms with Crippen molar-refractivity contribution in [1.82, 2.24) is 5.32 Å². The molecule has 0 radical (unpaired) electrons. The third kappa shape index (κ3) is 3.98. The van der Waals surface area contributed by atoms with E-state index in [-0.39, 0.29) is 18.2 Å². The molecule has 0 heterocycles. The lowest BCUT2D eigenvalue weighted by Crippen LogP contribution is -2.43. The summed E-state index contributed by atoms with van der Waals surface area (Å²) in [5, 5.41) is 2.80. The maximum absolute atomic E-state index is 11.6. The summed E-state index contributed by atoms with van der Waals surface area (Å²) in [5.74, 6) is 0. The predicted molar refractivity (Wildman–Crippen MR) is 61.2 cm³/mol. The van der Waals surface area contributed by atoms with E-state index < -0.39 is 11.7 Å². The van der Waals surface area contributed by atoms with Crippen LogP contribution in [0, 0.1) is 0 Å². The van der Waals surface area contributed by atoms with Crippen molar-refractivity contribution in [3.05, 3.63) is 0 Å². The van der Waals surface area contributed by atoms with Gasteiger partial charge in [-0.3, -0.25) is 0 Å². The van der Waals surface area contributed by atoms with Crippen molar-refractivity contribution in [3.63, 3.8) is 0 Å². The van der Waals surface area contributed by atoms with Gasteiger partial charge in [0.2, 0.25) is 0 Å². The van der Waals surface area contributed by atoms with Gasteiger partial charge in [0, 0.05) is 13.2 Å². The Hall–Kier alpha value is -0.810. The van der Waals surface area contributed by atoms with Crippen LogP contribution in [0.15, 0.2) is 0 Å². The Morgan fingerprint density at radius 1 is 1.38 bits per heavy atom. The molecule has 0 aromatic heterocycles. The van der Waals surface area contributed by atoms with Crippen molar-refractivity contribution in [2.45, 2.75) is 57.4 Å². The smallest absolute Gasteiger partial charge is 0.407 e. The fraction of sp³-hybridized carbons (Fsp3) is 0.909. The summed E-state index contributed by atoms with van der Waals surface area (Å²) >= 11 is 0. The zero-order valence-corrected chi connectivity index (χ0v) is 10.4. The topological polar surface area (TPSA) is 73.6 Å². The molecule has 1 aliphatic rings. The van der Waals surface area contributed by atoms with E-state index in [9.17, 15) is 4.79 Å². The molecule has 0 aromatic carbocycles. The molecule has 3 N–H and O–H groups in total. The van der Waals surface area contributed by atoms with Crippen LogP contribution in [-0.4, -0.2) is 37.0 Å². The zero-order valence-electron chi connectivity index (χ0n) is 10.4. The van der Waals surface area contributed by atoms with Gasteiger partial charge in [0.25, 0.3) is 0 Å². The summed E-state index contributed by atoms with van der Waals surface area (Å²) in [4.78, 5) is 11.6. The number of carbonyl (C=O) groups excluding carboxylic acids is 1. The summed E-state index contributed by atoms with van der Waals surface area (Å²) in [6, 6.07) is 0.0414. The van der Waals surface area contributed by atoms with Gasteiger partial charge in [-0.05, 0) is 33.6 Å². The van der Waals surface area contributed by atoms with E-state index in [1.165, 1.54) is 0 Å². The van der Waals surface area contributed by atoms with Gasteiger partial charge in [-0.1, -0.05) is 0 Å². The summed E-state index contributed by atoms with van der Waals surface area (Å²) in [6.07, 6.45) is 1.09. The van der Waals surface area contributed by atoms with Crippen LogP contribution in [0.2, 0.25) is 0 Å². The maximum atomic E-state index is 11.6. The molecule has 1 amide bonds. The maximum Gasteiger partial charge on any atom is 0.407 e. The Bertz CT molecular complexity index is 250.